The molecule has 0 atom stereocenters. The molecule has 1 aliphatic rings. The van der Waals surface area contributed by atoms with Gasteiger partial charge in [0.1, 0.15) is 5.00 Å². The van der Waals surface area contributed by atoms with Crippen LogP contribution >= 0.6 is 22.7 Å². The molecule has 0 saturated carbocycles. The topological polar surface area (TPSA) is 193 Å². The summed E-state index contributed by atoms with van der Waals surface area (Å²) < 4.78 is 7.75. The maximum atomic E-state index is 13.0. The molecular formula is C37H37N5O9S2. The van der Waals surface area contributed by atoms with Gasteiger partial charge in [-0.15, -0.1) is 22.7 Å². The standard InChI is InChI=1S/C31H34N2O2S2.C6H3N3O7/c1-5-35-29(34)27-24-13-9-10-14-26(24)37-28(27)32-30-33(19-21-11-7-6-8-12-21)25(20-36-30)22-15-17-23(18-16-22)31(2,3)4;10-6-4(8(13)14)1-3(7(11)12)2-5(6)9(15)16/h6-8,11-12,15-18,20H,5,9-10,13-14,19H2,1-4H3;1-2,10H/b32-30-;. The lowest BCUT2D eigenvalue weighted by molar-refractivity contribution is -0.404. The lowest BCUT2D eigenvalue weighted by Crippen LogP contribution is -2.17. The molecule has 0 unspecified atom stereocenters. The summed E-state index contributed by atoms with van der Waals surface area (Å²) in [5.41, 5.74) is 3.76. The van der Waals surface area contributed by atoms with E-state index in [-0.39, 0.29) is 11.4 Å². The first kappa shape index (κ1) is 38.5. The number of thiophene rings is 1. The van der Waals surface area contributed by atoms with Crippen molar-refractivity contribution in [1.29, 1.82) is 0 Å². The number of rotatable bonds is 9. The van der Waals surface area contributed by atoms with Gasteiger partial charge in [-0.1, -0.05) is 75.4 Å². The van der Waals surface area contributed by atoms with Gasteiger partial charge >= 0.3 is 17.3 Å². The third-order valence-corrected chi connectivity index (χ3v) is 10.6. The summed E-state index contributed by atoms with van der Waals surface area (Å²) in [6.07, 6.45) is 4.21. The molecule has 0 fully saturated rings. The number of carbonyl (C=O) groups is 1. The van der Waals surface area contributed by atoms with E-state index in [1.54, 1.807) is 22.7 Å². The minimum absolute atomic E-state index is 0.107. The van der Waals surface area contributed by atoms with Crippen molar-refractivity contribution in [2.24, 2.45) is 4.99 Å². The zero-order chi connectivity index (χ0) is 38.4. The molecule has 6 rings (SSSR count). The molecule has 0 bridgehead atoms. The quantitative estimate of drug-likeness (QED) is 0.0867. The number of nitrogens with zero attached hydrogens (tertiary/aromatic N) is 5. The number of esters is 1. The van der Waals surface area contributed by atoms with Gasteiger partial charge in [0.05, 0.1) is 51.3 Å². The predicted molar refractivity (Wildman–Crippen MR) is 202 cm³/mol. The number of carbonyl (C=O) groups excluding carboxylic acids is 1. The van der Waals surface area contributed by atoms with Crippen LogP contribution in [0.2, 0.25) is 0 Å². The Bertz CT molecular complexity index is 2200. The SMILES string of the molecule is CCOC(=O)c1c(/N=c2\scc(-c3ccc(C(C)(C)C)cc3)n2Cc2ccccc2)sc2c1CCCC2.O=[N+]([O-])c1cc([N+](=O)[O-])c(O)c([N+](=O)[O-])c1. The Kier molecular flexibility index (Phi) is 11.8. The fourth-order valence-electron chi connectivity index (χ4n) is 5.81. The summed E-state index contributed by atoms with van der Waals surface area (Å²) >= 11 is 3.29. The van der Waals surface area contributed by atoms with Crippen molar-refractivity contribution in [2.45, 2.75) is 65.3 Å². The summed E-state index contributed by atoms with van der Waals surface area (Å²) in [6.45, 7) is 9.64. The molecule has 0 spiro atoms. The minimum atomic E-state index is -1.21. The molecule has 2 heterocycles. The van der Waals surface area contributed by atoms with Crippen LogP contribution in [-0.4, -0.2) is 37.0 Å². The van der Waals surface area contributed by atoms with Crippen LogP contribution in [-0.2, 0) is 29.5 Å². The van der Waals surface area contributed by atoms with E-state index in [9.17, 15) is 35.1 Å². The van der Waals surface area contributed by atoms with E-state index in [2.05, 4.69) is 79.2 Å². The molecule has 3 aromatic carbocycles. The van der Waals surface area contributed by atoms with Crippen molar-refractivity contribution < 1.29 is 29.4 Å². The van der Waals surface area contributed by atoms with Crippen molar-refractivity contribution in [3.05, 3.63) is 134 Å². The number of aromatic nitrogens is 1. The number of hydrogen-bond acceptors (Lipinski definition) is 12. The number of hydrogen-bond donors (Lipinski definition) is 1. The van der Waals surface area contributed by atoms with Crippen LogP contribution in [0.1, 0.15) is 72.5 Å². The molecule has 0 aliphatic heterocycles. The van der Waals surface area contributed by atoms with E-state index in [0.717, 1.165) is 52.3 Å². The van der Waals surface area contributed by atoms with Crippen molar-refractivity contribution in [3.8, 4) is 17.0 Å². The normalized spacial score (nSPS) is 12.7. The molecule has 0 saturated heterocycles. The van der Waals surface area contributed by atoms with E-state index in [1.807, 2.05) is 13.0 Å². The van der Waals surface area contributed by atoms with E-state index in [1.165, 1.54) is 16.0 Å². The highest BCUT2D eigenvalue weighted by atomic mass is 32.1. The maximum absolute atomic E-state index is 13.0. The highest BCUT2D eigenvalue weighted by Crippen LogP contribution is 2.41. The van der Waals surface area contributed by atoms with Crippen LogP contribution in [0.25, 0.3) is 11.3 Å². The molecule has 53 heavy (non-hydrogen) atoms. The molecular weight excluding hydrogens is 723 g/mol. The number of ether oxygens (including phenoxy) is 1. The number of non-ortho nitro benzene ring substituents is 1. The first-order valence-corrected chi connectivity index (χ1v) is 18.4. The summed E-state index contributed by atoms with van der Waals surface area (Å²) in [5.74, 6) is -1.45. The van der Waals surface area contributed by atoms with Crippen molar-refractivity contribution in [2.75, 3.05) is 6.61 Å². The van der Waals surface area contributed by atoms with Gasteiger partial charge in [-0.25, -0.2) is 9.79 Å². The molecule has 14 nitrogen and oxygen atoms in total. The molecule has 0 amide bonds. The first-order valence-electron chi connectivity index (χ1n) is 16.7. The van der Waals surface area contributed by atoms with Gasteiger partial charge in [-0.05, 0) is 60.3 Å². The van der Waals surface area contributed by atoms with Gasteiger partial charge in [0, 0.05) is 10.3 Å². The number of phenols is 1. The second kappa shape index (κ2) is 16.3. The van der Waals surface area contributed by atoms with Gasteiger partial charge in [0.25, 0.3) is 11.4 Å². The average molecular weight is 760 g/mol. The summed E-state index contributed by atoms with van der Waals surface area (Å²) in [4.78, 5) is 48.1. The number of nitro benzene ring substituents is 3. The lowest BCUT2D eigenvalue weighted by Gasteiger charge is -2.19. The number of nitro groups is 3. The fraction of sp³-hybridized carbons (Fsp3) is 0.297. The predicted octanol–water partition coefficient (Wildman–Crippen LogP) is 9.03. The first-order chi connectivity index (χ1) is 25.2. The van der Waals surface area contributed by atoms with Crippen LogP contribution in [0.3, 0.4) is 0 Å². The van der Waals surface area contributed by atoms with E-state index < -0.39 is 37.6 Å². The number of aromatic hydroxyl groups is 1. The monoisotopic (exact) mass is 759 g/mol. The second-order valence-corrected chi connectivity index (χ2v) is 15.1. The van der Waals surface area contributed by atoms with Crippen LogP contribution in [0, 0.1) is 30.3 Å². The van der Waals surface area contributed by atoms with E-state index >= 15 is 0 Å². The zero-order valence-electron chi connectivity index (χ0n) is 29.4. The Morgan fingerprint density at radius 1 is 0.925 bits per heavy atom. The summed E-state index contributed by atoms with van der Waals surface area (Å²) in [6, 6.07) is 20.2. The number of phenolic OH excluding ortho intramolecular Hbond substituents is 1. The molecule has 5 aromatic rings. The number of fused-ring (bicyclic) bond motifs is 1. The van der Waals surface area contributed by atoms with Crippen molar-refractivity contribution in [1.82, 2.24) is 4.57 Å². The van der Waals surface area contributed by atoms with Crippen LogP contribution in [0.5, 0.6) is 5.75 Å². The Balaban J connectivity index is 0.000000285. The number of benzene rings is 3. The average Bonchev–Trinajstić information content (AvgIpc) is 3.69. The van der Waals surface area contributed by atoms with Gasteiger partial charge in [0.15, 0.2) is 4.80 Å². The molecule has 1 N–H and O–H groups in total. The third kappa shape index (κ3) is 8.84. The fourth-order valence-corrected chi connectivity index (χ4v) is 8.03. The highest BCUT2D eigenvalue weighted by Gasteiger charge is 2.30. The van der Waals surface area contributed by atoms with Crippen LogP contribution in [0.15, 0.2) is 77.1 Å². The Morgan fingerprint density at radius 2 is 1.55 bits per heavy atom. The summed E-state index contributed by atoms with van der Waals surface area (Å²) in [7, 11) is 0. The van der Waals surface area contributed by atoms with Crippen LogP contribution < -0.4 is 4.80 Å². The largest absolute Gasteiger partial charge is 0.497 e. The second-order valence-electron chi connectivity index (χ2n) is 13.1. The summed E-state index contributed by atoms with van der Waals surface area (Å²) in [5, 5.41) is 43.2. The highest BCUT2D eigenvalue weighted by molar-refractivity contribution is 7.16. The maximum Gasteiger partial charge on any atom is 0.341 e. The lowest BCUT2D eigenvalue weighted by atomic mass is 9.86. The Hall–Kier alpha value is -5.74. The van der Waals surface area contributed by atoms with Gasteiger partial charge < -0.3 is 14.4 Å². The minimum Gasteiger partial charge on any atom is -0.497 e. The molecule has 16 heteroatoms. The van der Waals surface area contributed by atoms with Crippen molar-refractivity contribution in [3.63, 3.8) is 0 Å². The Labute approximate surface area is 312 Å². The zero-order valence-corrected chi connectivity index (χ0v) is 31.1. The molecule has 276 valence electrons. The van der Waals surface area contributed by atoms with Crippen LogP contribution in [0.4, 0.5) is 22.1 Å². The molecule has 1 aliphatic carbocycles. The van der Waals surface area contributed by atoms with Gasteiger partial charge in [-0.2, -0.15) is 0 Å². The third-order valence-electron chi connectivity index (χ3n) is 8.52. The van der Waals surface area contributed by atoms with E-state index in [0.29, 0.717) is 30.8 Å². The molecule has 2 aromatic heterocycles. The van der Waals surface area contributed by atoms with Crippen molar-refractivity contribution >= 4 is 50.7 Å². The van der Waals surface area contributed by atoms with Gasteiger partial charge in [-0.3, -0.25) is 30.3 Å². The van der Waals surface area contributed by atoms with E-state index in [4.69, 9.17) is 14.8 Å². The smallest absolute Gasteiger partial charge is 0.341 e. The molecule has 0 radical (unpaired) electrons. The Morgan fingerprint density at radius 3 is 2.11 bits per heavy atom. The van der Waals surface area contributed by atoms with Gasteiger partial charge in [0.2, 0.25) is 0 Å². The number of aryl methyl sites for hydroxylation is 1. The number of thiazole rings is 1.